The Balaban J connectivity index is 2.55. The van der Waals surface area contributed by atoms with Crippen LogP contribution in [0.3, 0.4) is 0 Å². The molecule has 1 aromatic rings. The fourth-order valence-corrected chi connectivity index (χ4v) is 5.61. The van der Waals surface area contributed by atoms with E-state index in [9.17, 15) is 13.5 Å². The van der Waals surface area contributed by atoms with Crippen molar-refractivity contribution in [1.29, 1.82) is 0 Å². The molecule has 1 aliphatic rings. The molecular formula is C16H25ClN3O3S2+. The zero-order valence-electron chi connectivity index (χ0n) is 15.2. The third-order valence-electron chi connectivity index (χ3n) is 4.43. The van der Waals surface area contributed by atoms with Crippen molar-refractivity contribution < 1.29 is 18.1 Å². The Morgan fingerprint density at radius 3 is 2.48 bits per heavy atom. The van der Waals surface area contributed by atoms with Crippen LogP contribution in [0.25, 0.3) is 0 Å². The molecule has 2 rings (SSSR count). The molecule has 1 saturated heterocycles. The monoisotopic (exact) mass is 406 g/mol. The Morgan fingerprint density at radius 2 is 1.96 bits per heavy atom. The highest BCUT2D eigenvalue weighted by molar-refractivity contribution is 8.13. The maximum atomic E-state index is 12.5. The van der Waals surface area contributed by atoms with Crippen molar-refractivity contribution in [2.45, 2.75) is 24.5 Å². The quantitative estimate of drug-likeness (QED) is 0.755. The number of amidine groups is 1. The highest BCUT2D eigenvalue weighted by atomic mass is 35.5. The third-order valence-corrected chi connectivity index (χ3v) is 8.06. The number of halogens is 1. The van der Waals surface area contributed by atoms with Gasteiger partial charge in [0.15, 0.2) is 0 Å². The molecule has 1 aromatic carbocycles. The lowest BCUT2D eigenvalue weighted by Crippen LogP contribution is -2.44. The van der Waals surface area contributed by atoms with Crippen LogP contribution < -0.4 is 0 Å². The molecule has 1 aliphatic heterocycles. The summed E-state index contributed by atoms with van der Waals surface area (Å²) < 4.78 is 28.3. The van der Waals surface area contributed by atoms with E-state index >= 15 is 0 Å². The van der Waals surface area contributed by atoms with Crippen molar-refractivity contribution in [3.05, 3.63) is 28.8 Å². The van der Waals surface area contributed by atoms with Gasteiger partial charge in [-0.1, -0.05) is 17.7 Å². The number of sulfonamides is 1. The van der Waals surface area contributed by atoms with E-state index in [1.165, 1.54) is 26.2 Å². The van der Waals surface area contributed by atoms with Crippen LogP contribution in [0.1, 0.15) is 19.4 Å². The molecular weight excluding hydrogens is 382 g/mol. The SMILES string of the molecule is CC[N+](CC)=C1SCC(O)(c2ccc(Cl)c(S(=O)(=O)N(C)C)c2)N1C. The van der Waals surface area contributed by atoms with Crippen molar-refractivity contribution in [3.8, 4) is 0 Å². The number of aliphatic hydroxyl groups is 1. The summed E-state index contributed by atoms with van der Waals surface area (Å²) in [5.41, 5.74) is -0.779. The first-order chi connectivity index (χ1) is 11.6. The molecule has 0 aromatic heterocycles. The molecule has 0 saturated carbocycles. The van der Waals surface area contributed by atoms with Gasteiger partial charge in [-0.2, -0.15) is 0 Å². The average molecular weight is 407 g/mol. The van der Waals surface area contributed by atoms with E-state index in [0.29, 0.717) is 11.3 Å². The van der Waals surface area contributed by atoms with Crippen LogP contribution in [0.4, 0.5) is 0 Å². The largest absolute Gasteiger partial charge is 0.349 e. The third kappa shape index (κ3) is 3.55. The lowest BCUT2D eigenvalue weighted by atomic mass is 10.0. The predicted octanol–water partition coefficient (Wildman–Crippen LogP) is 1.82. The van der Waals surface area contributed by atoms with Crippen molar-refractivity contribution >= 4 is 38.6 Å². The van der Waals surface area contributed by atoms with Gasteiger partial charge in [0, 0.05) is 19.7 Å². The number of benzene rings is 1. The maximum Gasteiger partial charge on any atom is 0.311 e. The second-order valence-electron chi connectivity index (χ2n) is 6.05. The van der Waals surface area contributed by atoms with Gasteiger partial charge in [-0.25, -0.2) is 17.6 Å². The Labute approximate surface area is 159 Å². The Morgan fingerprint density at radius 1 is 1.36 bits per heavy atom. The van der Waals surface area contributed by atoms with Gasteiger partial charge in [0.05, 0.1) is 30.9 Å². The maximum absolute atomic E-state index is 12.5. The van der Waals surface area contributed by atoms with Gasteiger partial charge < -0.3 is 5.11 Å². The van der Waals surface area contributed by atoms with Gasteiger partial charge in [-0.3, -0.25) is 4.58 Å². The van der Waals surface area contributed by atoms with Crippen molar-refractivity contribution in [2.75, 3.05) is 40.0 Å². The van der Waals surface area contributed by atoms with Gasteiger partial charge in [0.2, 0.25) is 15.7 Å². The minimum Gasteiger partial charge on any atom is -0.349 e. The van der Waals surface area contributed by atoms with Crippen LogP contribution in [-0.4, -0.2) is 72.5 Å². The fraction of sp³-hybridized carbons (Fsp3) is 0.562. The smallest absolute Gasteiger partial charge is 0.311 e. The van der Waals surface area contributed by atoms with Gasteiger partial charge in [0.25, 0.3) is 0 Å². The van der Waals surface area contributed by atoms with E-state index in [1.54, 1.807) is 22.7 Å². The standard InChI is InChI=1S/C16H25ClN3O3S2/c1-6-20(7-2)15-19(5)16(21,11-24-15)12-8-9-13(17)14(10-12)25(22,23)18(3)4/h8-10,21H,6-7,11H2,1-5H3/q+1. The first-order valence-electron chi connectivity index (χ1n) is 8.03. The molecule has 6 nitrogen and oxygen atoms in total. The summed E-state index contributed by atoms with van der Waals surface area (Å²) in [6.07, 6.45) is 0. The highest BCUT2D eigenvalue weighted by Crippen LogP contribution is 2.39. The summed E-state index contributed by atoms with van der Waals surface area (Å²) in [5, 5.41) is 12.4. The molecule has 1 heterocycles. The molecule has 25 heavy (non-hydrogen) atoms. The fourth-order valence-electron chi connectivity index (χ4n) is 2.74. The molecule has 1 fully saturated rings. The zero-order valence-corrected chi connectivity index (χ0v) is 17.5. The minimum atomic E-state index is -3.70. The Bertz CT molecular complexity index is 790. The Kier molecular flexibility index (Phi) is 6.10. The van der Waals surface area contributed by atoms with Crippen molar-refractivity contribution in [2.24, 2.45) is 0 Å². The lowest BCUT2D eigenvalue weighted by molar-refractivity contribution is -0.523. The number of hydrogen-bond donors (Lipinski definition) is 1. The van der Waals surface area contributed by atoms with E-state index in [2.05, 4.69) is 18.4 Å². The normalized spacial score (nSPS) is 21.3. The Hall–Kier alpha value is -0.800. The van der Waals surface area contributed by atoms with Gasteiger partial charge in [-0.05, 0) is 37.7 Å². The summed E-state index contributed by atoms with van der Waals surface area (Å²) in [6.45, 7) is 5.79. The number of nitrogens with zero attached hydrogens (tertiary/aromatic N) is 3. The minimum absolute atomic E-state index is 0.000203. The summed E-state index contributed by atoms with van der Waals surface area (Å²) in [4.78, 5) is 1.81. The van der Waals surface area contributed by atoms with E-state index in [1.807, 2.05) is 7.05 Å². The predicted molar refractivity (Wildman–Crippen MR) is 103 cm³/mol. The van der Waals surface area contributed by atoms with E-state index < -0.39 is 15.7 Å². The van der Waals surface area contributed by atoms with Gasteiger partial charge >= 0.3 is 5.17 Å². The zero-order chi connectivity index (χ0) is 19.0. The summed E-state index contributed by atoms with van der Waals surface area (Å²) in [5.74, 6) is 0.415. The molecule has 1 N–H and O–H groups in total. The molecule has 140 valence electrons. The van der Waals surface area contributed by atoms with Crippen molar-refractivity contribution in [3.63, 3.8) is 0 Å². The van der Waals surface area contributed by atoms with Gasteiger partial charge in [-0.15, -0.1) is 0 Å². The summed E-state index contributed by atoms with van der Waals surface area (Å²) in [6, 6.07) is 4.68. The second kappa shape index (κ2) is 7.44. The number of rotatable bonds is 5. The molecule has 0 amide bonds. The van der Waals surface area contributed by atoms with E-state index in [0.717, 1.165) is 22.6 Å². The number of hydrogen-bond acceptors (Lipinski definition) is 4. The van der Waals surface area contributed by atoms with Gasteiger partial charge in [0.1, 0.15) is 4.90 Å². The lowest BCUT2D eigenvalue weighted by Gasteiger charge is -2.27. The van der Waals surface area contributed by atoms with Crippen LogP contribution in [0.2, 0.25) is 5.02 Å². The van der Waals surface area contributed by atoms with Crippen LogP contribution in [0.5, 0.6) is 0 Å². The first-order valence-corrected chi connectivity index (χ1v) is 10.8. The average Bonchev–Trinajstić information content (AvgIpc) is 2.86. The molecule has 9 heteroatoms. The number of thioether (sulfide) groups is 1. The van der Waals surface area contributed by atoms with E-state index in [-0.39, 0.29) is 9.92 Å². The molecule has 0 radical (unpaired) electrons. The summed E-state index contributed by atoms with van der Waals surface area (Å²) >= 11 is 7.68. The molecule has 0 spiro atoms. The molecule has 0 aliphatic carbocycles. The topological polar surface area (TPSA) is 63.9 Å². The van der Waals surface area contributed by atoms with Crippen molar-refractivity contribution in [1.82, 2.24) is 9.21 Å². The second-order valence-corrected chi connectivity index (χ2v) is 9.52. The molecule has 0 bridgehead atoms. The van der Waals surface area contributed by atoms with Crippen LogP contribution >= 0.6 is 23.4 Å². The first kappa shape index (κ1) is 20.5. The highest BCUT2D eigenvalue weighted by Gasteiger charge is 2.50. The van der Waals surface area contributed by atoms with Crippen LogP contribution in [0, 0.1) is 0 Å². The van der Waals surface area contributed by atoms with E-state index in [4.69, 9.17) is 11.6 Å². The molecule has 1 atom stereocenters. The summed E-state index contributed by atoms with van der Waals surface area (Å²) in [7, 11) is 1.04. The molecule has 1 unspecified atom stereocenters. The van der Waals surface area contributed by atoms with Crippen LogP contribution in [-0.2, 0) is 15.7 Å². The van der Waals surface area contributed by atoms with Crippen LogP contribution in [0.15, 0.2) is 23.1 Å².